The number of benzene rings is 1. The van der Waals surface area contributed by atoms with Gasteiger partial charge in [0.25, 0.3) is 5.91 Å². The van der Waals surface area contributed by atoms with Gasteiger partial charge in [0, 0.05) is 56.8 Å². The van der Waals surface area contributed by atoms with Gasteiger partial charge in [-0.3, -0.25) is 19.7 Å². The van der Waals surface area contributed by atoms with Gasteiger partial charge in [-0.05, 0) is 70.2 Å². The van der Waals surface area contributed by atoms with E-state index in [2.05, 4.69) is 24.1 Å². The topological polar surface area (TPSA) is 105 Å². The third-order valence-electron chi connectivity index (χ3n) is 6.77. The molecule has 0 radical (unpaired) electrons. The molecule has 4 amide bonds. The monoisotopic (exact) mass is 553 g/mol. The van der Waals surface area contributed by atoms with Crippen LogP contribution in [-0.4, -0.2) is 71.6 Å². The maximum atomic E-state index is 12.9. The number of piperidine rings is 1. The molecule has 40 heavy (non-hydrogen) atoms. The molecule has 2 heterocycles. The number of hydrogen-bond donors (Lipinski definition) is 1. The summed E-state index contributed by atoms with van der Waals surface area (Å²) in [4.78, 5) is 52.6. The summed E-state index contributed by atoms with van der Waals surface area (Å²) in [5.41, 5.74) is 1.56. The molecule has 218 valence electrons. The lowest BCUT2D eigenvalue weighted by molar-refractivity contribution is -0.136. The first-order valence-electron chi connectivity index (χ1n) is 14.4. The highest BCUT2D eigenvalue weighted by Gasteiger charge is 2.39. The Morgan fingerprint density at radius 1 is 1.10 bits per heavy atom. The van der Waals surface area contributed by atoms with Gasteiger partial charge in [-0.2, -0.15) is 0 Å². The number of unbranched alkanes of at least 4 members (excludes halogenated alkanes) is 3. The molecule has 9 heteroatoms. The summed E-state index contributed by atoms with van der Waals surface area (Å²) in [6.07, 6.45) is 5.82. The first-order chi connectivity index (χ1) is 19.1. The molecule has 0 aromatic heterocycles. The minimum absolute atomic E-state index is 0.205. The molecule has 0 bridgehead atoms. The Bertz CT molecular complexity index is 1130. The minimum atomic E-state index is -0.640. The number of rotatable bonds is 12. The van der Waals surface area contributed by atoms with Crippen LogP contribution in [0.25, 0.3) is 0 Å². The van der Waals surface area contributed by atoms with E-state index >= 15 is 0 Å². The Labute approximate surface area is 237 Å². The van der Waals surface area contributed by atoms with Crippen molar-refractivity contribution < 1.29 is 28.7 Å². The van der Waals surface area contributed by atoms with Gasteiger partial charge in [0.15, 0.2) is 0 Å². The van der Waals surface area contributed by atoms with Crippen LogP contribution in [0.4, 0.5) is 4.79 Å². The molecular weight excluding hydrogens is 510 g/mol. The predicted molar refractivity (Wildman–Crippen MR) is 151 cm³/mol. The number of ether oxygens (including phenoxy) is 2. The zero-order valence-electron chi connectivity index (χ0n) is 24.3. The largest absolute Gasteiger partial charge is 0.444 e. The maximum Gasteiger partial charge on any atom is 0.410 e. The van der Waals surface area contributed by atoms with Crippen LogP contribution in [0, 0.1) is 11.8 Å². The highest BCUT2D eigenvalue weighted by Crippen LogP contribution is 2.28. The quantitative estimate of drug-likeness (QED) is 0.234. The summed E-state index contributed by atoms with van der Waals surface area (Å²) in [6, 6.07) is 4.77. The summed E-state index contributed by atoms with van der Waals surface area (Å²) in [5.74, 6) is 5.35. The highest BCUT2D eigenvalue weighted by molar-refractivity contribution is 6.05. The molecule has 1 aromatic rings. The molecule has 3 rings (SSSR count). The van der Waals surface area contributed by atoms with E-state index in [1.165, 1.54) is 17.7 Å². The van der Waals surface area contributed by atoms with Crippen molar-refractivity contribution in [3.63, 3.8) is 0 Å². The molecule has 1 unspecified atom stereocenters. The molecule has 1 fully saturated rings. The summed E-state index contributed by atoms with van der Waals surface area (Å²) >= 11 is 0. The standard InChI is InChI=1S/C31H43N3O6/c1-5-6-10-19-39-20-11-9-18-33(30(38)40-31(2,3)4)17-8-7-12-23-13-14-25-24(21-23)22-34(29(25)37)26-15-16-27(35)32-28(26)36/h13-14,21,26H,5-6,8-11,15-20,22H2,1-4H3,(H,32,35,36). The molecule has 1 aromatic carbocycles. The van der Waals surface area contributed by atoms with Gasteiger partial charge in [0.05, 0.1) is 0 Å². The lowest BCUT2D eigenvalue weighted by Crippen LogP contribution is -2.52. The Balaban J connectivity index is 1.53. The molecule has 1 N–H and O–H groups in total. The van der Waals surface area contributed by atoms with Gasteiger partial charge in [0.2, 0.25) is 11.8 Å². The van der Waals surface area contributed by atoms with E-state index in [4.69, 9.17) is 9.47 Å². The molecule has 2 aliphatic rings. The van der Waals surface area contributed by atoms with Crippen molar-refractivity contribution in [2.45, 2.75) is 97.2 Å². The van der Waals surface area contributed by atoms with Crippen LogP contribution in [-0.2, 0) is 25.6 Å². The third kappa shape index (κ3) is 9.37. The molecule has 9 nitrogen and oxygen atoms in total. The minimum Gasteiger partial charge on any atom is -0.444 e. The summed E-state index contributed by atoms with van der Waals surface area (Å²) in [7, 11) is 0. The Morgan fingerprint density at radius 3 is 2.55 bits per heavy atom. The highest BCUT2D eigenvalue weighted by atomic mass is 16.6. The Hall–Kier alpha value is -3.38. The number of fused-ring (bicyclic) bond motifs is 1. The van der Waals surface area contributed by atoms with Crippen LogP contribution in [0.2, 0.25) is 0 Å². The Kier molecular flexibility index (Phi) is 11.6. The average Bonchev–Trinajstić information content (AvgIpc) is 3.21. The number of amides is 4. The molecule has 1 atom stereocenters. The first-order valence-corrected chi connectivity index (χ1v) is 14.4. The average molecular weight is 554 g/mol. The number of carbonyl (C=O) groups is 4. The summed E-state index contributed by atoms with van der Waals surface area (Å²) < 4.78 is 11.3. The SMILES string of the molecule is CCCCCOCCCCN(CCC#Cc1ccc2c(c1)CN(C1CCC(=O)NC1=O)C2=O)C(=O)OC(C)(C)C. The van der Waals surface area contributed by atoms with E-state index in [0.29, 0.717) is 44.6 Å². The van der Waals surface area contributed by atoms with Gasteiger partial charge < -0.3 is 19.3 Å². The molecule has 0 aliphatic carbocycles. The number of nitrogens with zero attached hydrogens (tertiary/aromatic N) is 2. The van der Waals surface area contributed by atoms with Crippen molar-refractivity contribution in [3.05, 3.63) is 34.9 Å². The van der Waals surface area contributed by atoms with Crippen molar-refractivity contribution in [2.75, 3.05) is 26.3 Å². The second-order valence-corrected chi connectivity index (χ2v) is 11.3. The van der Waals surface area contributed by atoms with Crippen LogP contribution < -0.4 is 5.32 Å². The maximum absolute atomic E-state index is 12.9. The van der Waals surface area contributed by atoms with E-state index in [1.54, 1.807) is 17.0 Å². The van der Waals surface area contributed by atoms with E-state index in [0.717, 1.165) is 37.0 Å². The van der Waals surface area contributed by atoms with Crippen molar-refractivity contribution in [1.82, 2.24) is 15.1 Å². The van der Waals surface area contributed by atoms with Crippen LogP contribution in [0.1, 0.15) is 101 Å². The molecule has 0 saturated carbocycles. The molecular formula is C31H43N3O6. The van der Waals surface area contributed by atoms with Crippen molar-refractivity contribution in [1.29, 1.82) is 0 Å². The molecule has 2 aliphatic heterocycles. The van der Waals surface area contributed by atoms with E-state index in [9.17, 15) is 19.2 Å². The van der Waals surface area contributed by atoms with Gasteiger partial charge in [-0.15, -0.1) is 0 Å². The van der Waals surface area contributed by atoms with Crippen molar-refractivity contribution in [2.24, 2.45) is 0 Å². The van der Waals surface area contributed by atoms with Crippen molar-refractivity contribution >= 4 is 23.8 Å². The van der Waals surface area contributed by atoms with Gasteiger partial charge >= 0.3 is 6.09 Å². The summed E-state index contributed by atoms with van der Waals surface area (Å²) in [6.45, 7) is 10.5. The van der Waals surface area contributed by atoms with E-state index < -0.39 is 17.6 Å². The van der Waals surface area contributed by atoms with Gasteiger partial charge in [-0.25, -0.2) is 4.79 Å². The lowest BCUT2D eigenvalue weighted by atomic mass is 10.0. The van der Waals surface area contributed by atoms with Gasteiger partial charge in [0.1, 0.15) is 11.6 Å². The van der Waals surface area contributed by atoms with E-state index in [1.807, 2.05) is 26.8 Å². The number of carbonyl (C=O) groups excluding carboxylic acids is 4. The number of nitrogens with one attached hydrogen (secondary N) is 1. The third-order valence-corrected chi connectivity index (χ3v) is 6.77. The molecule has 1 saturated heterocycles. The fourth-order valence-electron chi connectivity index (χ4n) is 4.69. The second kappa shape index (κ2) is 14.8. The number of imide groups is 1. The Morgan fingerprint density at radius 2 is 1.85 bits per heavy atom. The van der Waals surface area contributed by atoms with E-state index in [-0.39, 0.29) is 24.3 Å². The van der Waals surface area contributed by atoms with Crippen LogP contribution in [0.3, 0.4) is 0 Å². The van der Waals surface area contributed by atoms with Crippen LogP contribution in [0.5, 0.6) is 0 Å². The smallest absolute Gasteiger partial charge is 0.410 e. The van der Waals surface area contributed by atoms with Crippen LogP contribution >= 0.6 is 0 Å². The zero-order valence-corrected chi connectivity index (χ0v) is 24.3. The predicted octanol–water partition coefficient (Wildman–Crippen LogP) is 4.41. The first kappa shape index (κ1) is 31.2. The number of hydrogen-bond acceptors (Lipinski definition) is 6. The fourth-order valence-corrected chi connectivity index (χ4v) is 4.69. The normalized spacial score (nSPS) is 16.8. The lowest BCUT2D eigenvalue weighted by Gasteiger charge is -2.29. The molecule has 0 spiro atoms. The zero-order chi connectivity index (χ0) is 29.1. The second-order valence-electron chi connectivity index (χ2n) is 11.3. The van der Waals surface area contributed by atoms with Gasteiger partial charge in [-0.1, -0.05) is 31.6 Å². The van der Waals surface area contributed by atoms with Crippen LogP contribution in [0.15, 0.2) is 18.2 Å². The van der Waals surface area contributed by atoms with Crippen molar-refractivity contribution in [3.8, 4) is 11.8 Å². The summed E-state index contributed by atoms with van der Waals surface area (Å²) in [5, 5.41) is 2.32. The fraction of sp³-hybridized carbons (Fsp3) is 0.613.